The van der Waals surface area contributed by atoms with Gasteiger partial charge in [-0.25, -0.2) is 4.98 Å². The van der Waals surface area contributed by atoms with Gasteiger partial charge in [0.1, 0.15) is 10.6 Å². The van der Waals surface area contributed by atoms with Crippen molar-refractivity contribution in [2.75, 3.05) is 18.2 Å². The number of thiophene rings is 1. The highest BCUT2D eigenvalue weighted by atomic mass is 32.2. The van der Waals surface area contributed by atoms with Gasteiger partial charge in [-0.2, -0.15) is 0 Å². The van der Waals surface area contributed by atoms with Crippen LogP contribution >= 0.6 is 23.1 Å². The predicted octanol–water partition coefficient (Wildman–Crippen LogP) is 5.68. The maximum absolute atomic E-state index is 13.8. The first kappa shape index (κ1) is 23.6. The maximum Gasteiger partial charge on any atom is 0.267 e. The second-order valence-corrected chi connectivity index (χ2v) is 10.8. The van der Waals surface area contributed by atoms with E-state index in [2.05, 4.69) is 5.32 Å². The molecular weight excluding hydrogens is 478 g/mol. The van der Waals surface area contributed by atoms with Crippen molar-refractivity contribution in [3.05, 3.63) is 74.4 Å². The monoisotopic (exact) mass is 505 g/mol. The number of carbonyl (C=O) groups is 1. The number of ether oxygens (including phenoxy) is 1. The number of aryl methyl sites for hydroxylation is 4. The lowest BCUT2D eigenvalue weighted by atomic mass is 9.97. The Hall–Kier alpha value is -3.10. The molecule has 0 saturated heterocycles. The number of nitrogens with one attached hydrogen (secondary N) is 1. The maximum atomic E-state index is 13.8. The zero-order valence-electron chi connectivity index (χ0n) is 20.0. The fraction of sp³-hybridized carbons (Fsp3) is 0.296. The van der Waals surface area contributed by atoms with Crippen LogP contribution in [0.4, 0.5) is 5.69 Å². The number of hydrogen-bond acceptors (Lipinski definition) is 6. The summed E-state index contributed by atoms with van der Waals surface area (Å²) in [6.45, 7) is 3.97. The van der Waals surface area contributed by atoms with Crippen LogP contribution in [0.1, 0.15) is 34.4 Å². The number of rotatable bonds is 6. The van der Waals surface area contributed by atoms with Gasteiger partial charge in [-0.15, -0.1) is 11.3 Å². The summed E-state index contributed by atoms with van der Waals surface area (Å²) in [5.41, 5.74) is 4.68. The molecule has 0 aliphatic heterocycles. The van der Waals surface area contributed by atoms with Crippen molar-refractivity contribution >= 4 is 44.9 Å². The molecule has 1 N–H and O–H groups in total. The fourth-order valence-corrected chi connectivity index (χ4v) is 6.54. The molecule has 4 aromatic rings. The number of fused-ring (bicyclic) bond motifs is 3. The quantitative estimate of drug-likeness (QED) is 0.270. The third kappa shape index (κ3) is 4.73. The van der Waals surface area contributed by atoms with E-state index >= 15 is 0 Å². The number of nitrogens with zero attached hydrogens (tertiary/aromatic N) is 2. The smallest absolute Gasteiger partial charge is 0.267 e. The molecule has 8 heteroatoms. The van der Waals surface area contributed by atoms with Gasteiger partial charge in [0.2, 0.25) is 5.91 Å². The lowest BCUT2D eigenvalue weighted by Gasteiger charge is -2.14. The average molecular weight is 506 g/mol. The number of aromatic nitrogens is 2. The summed E-state index contributed by atoms with van der Waals surface area (Å²) >= 11 is 2.90. The van der Waals surface area contributed by atoms with E-state index in [1.165, 1.54) is 16.6 Å². The van der Waals surface area contributed by atoms with Gasteiger partial charge in [-0.3, -0.25) is 14.2 Å². The molecule has 0 atom stereocenters. The van der Waals surface area contributed by atoms with E-state index in [0.29, 0.717) is 16.6 Å². The zero-order valence-corrected chi connectivity index (χ0v) is 21.6. The largest absolute Gasteiger partial charge is 0.497 e. The minimum atomic E-state index is -0.134. The van der Waals surface area contributed by atoms with Crippen LogP contribution in [0.15, 0.2) is 52.4 Å². The lowest BCUT2D eigenvalue weighted by Crippen LogP contribution is -2.23. The van der Waals surface area contributed by atoms with Crippen LogP contribution < -0.4 is 15.6 Å². The predicted molar refractivity (Wildman–Crippen MR) is 144 cm³/mol. The highest BCUT2D eigenvalue weighted by molar-refractivity contribution is 7.99. The summed E-state index contributed by atoms with van der Waals surface area (Å²) in [7, 11) is 1.61. The van der Waals surface area contributed by atoms with Crippen LogP contribution in [0.2, 0.25) is 0 Å². The summed E-state index contributed by atoms with van der Waals surface area (Å²) in [5, 5.41) is 4.24. The van der Waals surface area contributed by atoms with Crippen LogP contribution in [-0.2, 0) is 17.6 Å². The number of benzene rings is 2. The summed E-state index contributed by atoms with van der Waals surface area (Å²) in [6.07, 6.45) is 4.15. The minimum Gasteiger partial charge on any atom is -0.497 e. The highest BCUT2D eigenvalue weighted by Crippen LogP contribution is 2.35. The van der Waals surface area contributed by atoms with Gasteiger partial charge < -0.3 is 10.1 Å². The zero-order chi connectivity index (χ0) is 24.5. The third-order valence-corrected chi connectivity index (χ3v) is 8.41. The van der Waals surface area contributed by atoms with E-state index in [1.54, 1.807) is 23.0 Å². The normalized spacial score (nSPS) is 13.0. The number of amides is 1. The van der Waals surface area contributed by atoms with Gasteiger partial charge in [-0.05, 0) is 86.6 Å². The number of thioether (sulfide) groups is 1. The minimum absolute atomic E-state index is 0.0722. The molecule has 0 unspecified atom stereocenters. The standard InChI is InChI=1S/C27H27N3O3S2/c1-16-8-9-17(2)21(14-16)28-23(31)15-34-27-29-25-24(20-6-4-5-7-22(20)35-25)26(32)30(27)18-10-12-19(33-3)13-11-18/h8-14H,4-7,15H2,1-3H3,(H,28,31). The molecule has 6 nitrogen and oxygen atoms in total. The van der Waals surface area contributed by atoms with E-state index in [-0.39, 0.29) is 17.2 Å². The molecule has 1 amide bonds. The van der Waals surface area contributed by atoms with E-state index in [9.17, 15) is 9.59 Å². The Kier molecular flexibility index (Phi) is 6.67. The Morgan fingerprint density at radius 3 is 2.69 bits per heavy atom. The molecule has 1 aliphatic rings. The van der Waals surface area contributed by atoms with Crippen LogP contribution in [0, 0.1) is 13.8 Å². The van der Waals surface area contributed by atoms with Gasteiger partial charge in [0.15, 0.2) is 5.16 Å². The fourth-order valence-electron chi connectivity index (χ4n) is 4.43. The van der Waals surface area contributed by atoms with Gasteiger partial charge in [0, 0.05) is 10.6 Å². The summed E-state index contributed by atoms with van der Waals surface area (Å²) in [5.74, 6) is 0.725. The van der Waals surface area contributed by atoms with Crippen molar-refractivity contribution in [2.24, 2.45) is 0 Å². The summed E-state index contributed by atoms with van der Waals surface area (Å²) in [6, 6.07) is 13.3. The molecule has 0 fully saturated rings. The number of carbonyl (C=O) groups excluding carboxylic acids is 1. The van der Waals surface area contributed by atoms with Gasteiger partial charge in [0.25, 0.3) is 5.56 Å². The SMILES string of the molecule is COc1ccc(-n2c(SCC(=O)Nc3cc(C)ccc3C)nc3sc4c(c3c2=O)CCCC4)cc1. The number of methoxy groups -OCH3 is 1. The first-order chi connectivity index (χ1) is 16.9. The third-order valence-electron chi connectivity index (χ3n) is 6.29. The highest BCUT2D eigenvalue weighted by Gasteiger charge is 2.23. The Balaban J connectivity index is 1.52. The van der Waals surface area contributed by atoms with Crippen LogP contribution in [0.5, 0.6) is 5.75 Å². The van der Waals surface area contributed by atoms with Gasteiger partial charge >= 0.3 is 0 Å². The van der Waals surface area contributed by atoms with Crippen LogP contribution in [0.3, 0.4) is 0 Å². The first-order valence-corrected chi connectivity index (χ1v) is 13.5. The molecule has 35 heavy (non-hydrogen) atoms. The molecule has 1 aliphatic carbocycles. The first-order valence-electron chi connectivity index (χ1n) is 11.7. The van der Waals surface area contributed by atoms with E-state index in [4.69, 9.17) is 9.72 Å². The van der Waals surface area contributed by atoms with E-state index in [1.807, 2.05) is 56.3 Å². The molecule has 2 aromatic heterocycles. The second-order valence-electron chi connectivity index (χ2n) is 8.78. The molecule has 2 aromatic carbocycles. The molecule has 180 valence electrons. The molecule has 0 spiro atoms. The number of hydrogen-bond donors (Lipinski definition) is 1. The molecule has 0 radical (unpaired) electrons. The van der Waals surface area contributed by atoms with Gasteiger partial charge in [-0.1, -0.05) is 23.9 Å². The molecule has 0 saturated carbocycles. The van der Waals surface area contributed by atoms with Crippen LogP contribution in [-0.4, -0.2) is 28.3 Å². The lowest BCUT2D eigenvalue weighted by molar-refractivity contribution is -0.113. The number of anilines is 1. The van der Waals surface area contributed by atoms with E-state index < -0.39 is 0 Å². The second kappa shape index (κ2) is 9.87. The van der Waals surface area contributed by atoms with Crippen molar-refractivity contribution < 1.29 is 9.53 Å². The van der Waals surface area contributed by atoms with Gasteiger partial charge in [0.05, 0.1) is 23.9 Å². The van der Waals surface area contributed by atoms with Crippen molar-refractivity contribution in [1.29, 1.82) is 0 Å². The Morgan fingerprint density at radius 2 is 1.91 bits per heavy atom. The molecule has 5 rings (SSSR count). The van der Waals surface area contributed by atoms with Crippen LogP contribution in [0.25, 0.3) is 15.9 Å². The summed E-state index contributed by atoms with van der Waals surface area (Å²) < 4.78 is 6.93. The van der Waals surface area contributed by atoms with Crippen molar-refractivity contribution in [3.63, 3.8) is 0 Å². The molecule has 2 heterocycles. The summed E-state index contributed by atoms with van der Waals surface area (Å²) in [4.78, 5) is 33.6. The molecular formula is C27H27N3O3S2. The topological polar surface area (TPSA) is 73.2 Å². The van der Waals surface area contributed by atoms with Crippen molar-refractivity contribution in [3.8, 4) is 11.4 Å². The van der Waals surface area contributed by atoms with Crippen molar-refractivity contribution in [1.82, 2.24) is 9.55 Å². The van der Waals surface area contributed by atoms with E-state index in [0.717, 1.165) is 58.3 Å². The Labute approximate surface area is 212 Å². The molecule has 0 bridgehead atoms. The average Bonchev–Trinajstić information content (AvgIpc) is 3.24. The Bertz CT molecular complexity index is 1470. The van der Waals surface area contributed by atoms with Crippen molar-refractivity contribution in [2.45, 2.75) is 44.7 Å². The Morgan fingerprint density at radius 1 is 1.14 bits per heavy atom.